The maximum absolute atomic E-state index is 13.8. The van der Waals surface area contributed by atoms with Gasteiger partial charge in [0.2, 0.25) is 23.6 Å². The van der Waals surface area contributed by atoms with E-state index in [4.69, 9.17) is 19.9 Å². The van der Waals surface area contributed by atoms with Gasteiger partial charge in [-0.15, -0.1) is 0 Å². The number of thioether (sulfide) groups is 1. The number of primary amides is 1. The minimum absolute atomic E-state index is 0.127. The van der Waals surface area contributed by atoms with E-state index in [1.807, 2.05) is 0 Å². The molecule has 1 saturated heterocycles. The molecule has 382 valence electrons. The number of unbranched alkanes of at least 4 members (excludes halogenated alkanes) is 18. The Labute approximate surface area is 398 Å². The number of rotatable bonds is 38. The molecule has 0 radical (unpaired) electrons. The average molecular weight is 959 g/mol. The second kappa shape index (κ2) is 36.7. The molecule has 0 aromatic carbocycles. The molecule has 0 bridgehead atoms. The third kappa shape index (κ3) is 26.9. The highest BCUT2D eigenvalue weighted by molar-refractivity contribution is 8.14. The summed E-state index contributed by atoms with van der Waals surface area (Å²) < 4.78 is 22.5. The van der Waals surface area contributed by atoms with E-state index in [0.29, 0.717) is 12.8 Å². The van der Waals surface area contributed by atoms with Crippen molar-refractivity contribution < 1.29 is 62.7 Å². The highest BCUT2D eigenvalue weighted by atomic mass is 32.2. The Morgan fingerprint density at radius 2 is 1.24 bits per heavy atom. The van der Waals surface area contributed by atoms with E-state index in [-0.39, 0.29) is 31.7 Å². The second-order valence-corrected chi connectivity index (χ2v) is 18.9. The lowest BCUT2D eigenvalue weighted by atomic mass is 9.97. The van der Waals surface area contributed by atoms with E-state index in [0.717, 1.165) is 56.7 Å². The molecule has 66 heavy (non-hydrogen) atoms. The summed E-state index contributed by atoms with van der Waals surface area (Å²) in [7, 11) is 1.18. The van der Waals surface area contributed by atoms with Crippen molar-refractivity contribution in [2.75, 3.05) is 13.7 Å². The lowest BCUT2D eigenvalue weighted by molar-refractivity contribution is -0.200. The summed E-state index contributed by atoms with van der Waals surface area (Å²) in [6.07, 6.45) is 16.7. The molecule has 1 aliphatic heterocycles. The van der Waals surface area contributed by atoms with Gasteiger partial charge in [0.05, 0.1) is 26.2 Å². The standard InChI is InChI=1S/C48H86N4O13S/c1-7-9-11-13-15-17-18-20-22-24-26-28-40(56)64-36(27-25-23-21-19-16-14-12-10-8-2)31-41(57)66-48-42(51-35(5)54)44(43(58)38(32-53)65-48)63-34(4)47(61)50-33(3)46(60)52-37(45(49)59)29-30-39(55)62-6/h33-34,36-38,42-44,48,53,58H,7-32H2,1-6H3,(H2,49,59)(H,50,61)(H,51,54)(H,52,60)/t33-,34?,36+,37+,38+,42+,43+,44-,48-/m0/s1. The van der Waals surface area contributed by atoms with Crippen LogP contribution in [0.1, 0.15) is 195 Å². The minimum Gasteiger partial charge on any atom is -0.469 e. The minimum atomic E-state index is -1.57. The first-order valence-corrected chi connectivity index (χ1v) is 25.7. The first-order valence-electron chi connectivity index (χ1n) is 24.8. The normalized spacial score (nSPS) is 20.0. The lowest BCUT2D eigenvalue weighted by Crippen LogP contribution is -2.65. The number of nitrogens with one attached hydrogen (secondary N) is 3. The molecule has 1 unspecified atom stereocenters. The molecule has 18 heteroatoms. The SMILES string of the molecule is CCCCCCCCCCCCCC(=O)O[C@H](CCCCCCCCCCC)CC(=O)S[C@@H]1O[C@H](CO)[C@@H](O)[C@@H](OC(C)C(=O)N[C@@H](C)C(=O)N[C@H](CCC(=O)OC)C(N)=O)[C@H]1NC(C)=O. The van der Waals surface area contributed by atoms with Gasteiger partial charge >= 0.3 is 11.9 Å². The van der Waals surface area contributed by atoms with Crippen molar-refractivity contribution in [2.24, 2.45) is 5.73 Å². The van der Waals surface area contributed by atoms with Gasteiger partial charge in [-0.25, -0.2) is 0 Å². The number of carbonyl (C=O) groups is 7. The van der Waals surface area contributed by atoms with Gasteiger partial charge in [0.15, 0.2) is 5.12 Å². The number of aliphatic hydroxyl groups is 2. The lowest BCUT2D eigenvalue weighted by Gasteiger charge is -2.44. The quantitative estimate of drug-likeness (QED) is 0.0309. The fraction of sp³-hybridized carbons (Fsp3) is 0.854. The van der Waals surface area contributed by atoms with Gasteiger partial charge < -0.3 is 50.8 Å². The van der Waals surface area contributed by atoms with Crippen LogP contribution < -0.4 is 21.7 Å². The van der Waals surface area contributed by atoms with Crippen LogP contribution in [-0.2, 0) is 52.5 Å². The number of hydrogen-bond acceptors (Lipinski definition) is 14. The van der Waals surface area contributed by atoms with Crippen LogP contribution in [-0.4, -0.2) is 119 Å². The Kier molecular flexibility index (Phi) is 33.7. The molecule has 1 heterocycles. The topological polar surface area (TPSA) is 259 Å². The fourth-order valence-electron chi connectivity index (χ4n) is 7.79. The number of carbonyl (C=O) groups excluding carboxylic acids is 7. The third-order valence-electron chi connectivity index (χ3n) is 11.8. The van der Waals surface area contributed by atoms with Crippen LogP contribution in [0, 0.1) is 0 Å². The highest BCUT2D eigenvalue weighted by Crippen LogP contribution is 2.33. The van der Waals surface area contributed by atoms with E-state index in [1.165, 1.54) is 105 Å². The van der Waals surface area contributed by atoms with Gasteiger partial charge in [-0.2, -0.15) is 0 Å². The van der Waals surface area contributed by atoms with Crippen molar-refractivity contribution in [3.63, 3.8) is 0 Å². The molecular weight excluding hydrogens is 873 g/mol. The van der Waals surface area contributed by atoms with Crippen LogP contribution in [0.5, 0.6) is 0 Å². The Bertz CT molecular complexity index is 1420. The van der Waals surface area contributed by atoms with Gasteiger partial charge in [-0.3, -0.25) is 33.6 Å². The fourth-order valence-corrected chi connectivity index (χ4v) is 8.90. The maximum atomic E-state index is 13.8. The molecule has 7 N–H and O–H groups in total. The molecule has 0 aliphatic carbocycles. The monoisotopic (exact) mass is 959 g/mol. The van der Waals surface area contributed by atoms with Gasteiger partial charge in [-0.05, 0) is 39.5 Å². The van der Waals surface area contributed by atoms with Crippen molar-refractivity contribution >= 4 is 52.4 Å². The van der Waals surface area contributed by atoms with Crippen LogP contribution in [0.4, 0.5) is 0 Å². The van der Waals surface area contributed by atoms with Crippen LogP contribution in [0.15, 0.2) is 0 Å². The zero-order valence-electron chi connectivity index (χ0n) is 41.0. The number of hydrogen-bond donors (Lipinski definition) is 6. The van der Waals surface area contributed by atoms with Crippen LogP contribution >= 0.6 is 11.8 Å². The molecule has 0 aromatic heterocycles. The van der Waals surface area contributed by atoms with Crippen LogP contribution in [0.25, 0.3) is 0 Å². The van der Waals surface area contributed by atoms with E-state index >= 15 is 0 Å². The Hall–Kier alpha value is -3.32. The summed E-state index contributed by atoms with van der Waals surface area (Å²) in [5.41, 5.74) is 4.20. The summed E-state index contributed by atoms with van der Waals surface area (Å²) in [6, 6.07) is -3.63. The molecule has 1 rings (SSSR count). The highest BCUT2D eigenvalue weighted by Gasteiger charge is 2.48. The predicted octanol–water partition coefficient (Wildman–Crippen LogP) is 5.95. The maximum Gasteiger partial charge on any atom is 0.306 e. The van der Waals surface area contributed by atoms with Crippen molar-refractivity contribution in [1.29, 1.82) is 0 Å². The summed E-state index contributed by atoms with van der Waals surface area (Å²) in [6.45, 7) is 7.64. The Balaban J connectivity index is 3.01. The number of amides is 4. The first-order chi connectivity index (χ1) is 31.6. The van der Waals surface area contributed by atoms with Gasteiger partial charge in [0.1, 0.15) is 48.0 Å². The molecule has 4 amide bonds. The Morgan fingerprint density at radius 3 is 1.74 bits per heavy atom. The van der Waals surface area contributed by atoms with E-state index in [1.54, 1.807) is 0 Å². The van der Waals surface area contributed by atoms with E-state index < -0.39 is 95.4 Å². The molecule has 17 nitrogen and oxygen atoms in total. The Morgan fingerprint density at radius 1 is 0.712 bits per heavy atom. The van der Waals surface area contributed by atoms with Crippen molar-refractivity contribution in [3.05, 3.63) is 0 Å². The number of methoxy groups -OCH3 is 1. The molecule has 1 aliphatic rings. The number of aliphatic hydroxyl groups excluding tert-OH is 2. The van der Waals surface area contributed by atoms with Gasteiger partial charge in [0, 0.05) is 19.8 Å². The van der Waals surface area contributed by atoms with Crippen molar-refractivity contribution in [1.82, 2.24) is 16.0 Å². The zero-order valence-corrected chi connectivity index (χ0v) is 41.8. The molecular formula is C48H86N4O13S. The second-order valence-electron chi connectivity index (χ2n) is 17.7. The summed E-state index contributed by atoms with van der Waals surface area (Å²) >= 11 is 0.719. The molecule has 0 saturated carbocycles. The third-order valence-corrected chi connectivity index (χ3v) is 12.9. The smallest absolute Gasteiger partial charge is 0.306 e. The summed E-state index contributed by atoms with van der Waals surface area (Å²) in [5.74, 6) is -3.99. The van der Waals surface area contributed by atoms with Crippen LogP contribution in [0.2, 0.25) is 0 Å². The molecule has 1 fully saturated rings. The number of ether oxygens (including phenoxy) is 4. The number of esters is 2. The first kappa shape index (κ1) is 60.7. The summed E-state index contributed by atoms with van der Waals surface area (Å²) in [4.78, 5) is 89.1. The van der Waals surface area contributed by atoms with E-state index in [2.05, 4.69) is 34.5 Å². The summed E-state index contributed by atoms with van der Waals surface area (Å²) in [5, 5.41) is 28.6. The van der Waals surface area contributed by atoms with Crippen LogP contribution in [0.3, 0.4) is 0 Å². The molecule has 0 aromatic rings. The van der Waals surface area contributed by atoms with Crippen molar-refractivity contribution in [3.8, 4) is 0 Å². The molecule has 0 spiro atoms. The van der Waals surface area contributed by atoms with Crippen molar-refractivity contribution in [2.45, 2.75) is 249 Å². The molecule has 9 atom stereocenters. The average Bonchev–Trinajstić information content (AvgIpc) is 3.27. The van der Waals surface area contributed by atoms with Gasteiger partial charge in [0.25, 0.3) is 0 Å². The zero-order chi connectivity index (χ0) is 49.3. The van der Waals surface area contributed by atoms with E-state index in [9.17, 15) is 43.8 Å². The largest absolute Gasteiger partial charge is 0.469 e. The number of nitrogens with two attached hydrogens (primary N) is 1. The van der Waals surface area contributed by atoms with Gasteiger partial charge in [-0.1, -0.05) is 141 Å². The predicted molar refractivity (Wildman–Crippen MR) is 254 cm³/mol.